The van der Waals surface area contributed by atoms with Gasteiger partial charge in [0.2, 0.25) is 5.89 Å². The molecule has 0 aliphatic carbocycles. The lowest BCUT2D eigenvalue weighted by molar-refractivity contribution is 0.190. The van der Waals surface area contributed by atoms with Crippen LogP contribution in [0.2, 0.25) is 0 Å². The Morgan fingerprint density at radius 2 is 1.96 bits per heavy atom. The molecule has 1 aromatic heterocycles. The third-order valence-corrected chi connectivity index (χ3v) is 4.84. The van der Waals surface area contributed by atoms with E-state index in [9.17, 15) is 0 Å². The average Bonchev–Trinajstić information content (AvgIpc) is 3.18. The normalized spacial score (nSPS) is 17.7. The predicted molar refractivity (Wildman–Crippen MR) is 104 cm³/mol. The highest BCUT2D eigenvalue weighted by Crippen LogP contribution is 2.29. The highest BCUT2D eigenvalue weighted by molar-refractivity contribution is 5.70. The van der Waals surface area contributed by atoms with Gasteiger partial charge in [0.15, 0.2) is 5.82 Å². The van der Waals surface area contributed by atoms with Crippen LogP contribution in [0.15, 0.2) is 59.1 Å². The molecule has 0 bridgehead atoms. The van der Waals surface area contributed by atoms with E-state index in [2.05, 4.69) is 45.6 Å². The molecule has 3 aromatic rings. The summed E-state index contributed by atoms with van der Waals surface area (Å²) >= 11 is 0. The molecular weight excluding hydrogens is 340 g/mol. The van der Waals surface area contributed by atoms with Gasteiger partial charge in [0.25, 0.3) is 0 Å². The van der Waals surface area contributed by atoms with Crippen LogP contribution in [0.3, 0.4) is 0 Å². The number of rotatable bonds is 6. The molecule has 6 nitrogen and oxygen atoms in total. The van der Waals surface area contributed by atoms with E-state index in [0.29, 0.717) is 18.9 Å². The lowest BCUT2D eigenvalue weighted by Crippen LogP contribution is -2.44. The quantitative estimate of drug-likeness (QED) is 0.726. The van der Waals surface area contributed by atoms with Gasteiger partial charge in [-0.2, -0.15) is 4.98 Å². The number of nitrogens with one attached hydrogen (secondary N) is 1. The predicted octanol–water partition coefficient (Wildman–Crippen LogP) is 2.93. The summed E-state index contributed by atoms with van der Waals surface area (Å²) in [5.41, 5.74) is 2.22. The molecule has 2 heterocycles. The Bertz CT molecular complexity index is 865. The molecule has 0 radical (unpaired) electrons. The Morgan fingerprint density at radius 1 is 1.15 bits per heavy atom. The van der Waals surface area contributed by atoms with Gasteiger partial charge >= 0.3 is 0 Å². The standard InChI is InChI=1S/C21H24N4O2/c1-25-13-12-22-15-18(25)21-23-20(27-24-21)11-14-26-19-10-6-5-9-17(19)16-7-3-2-4-8-16/h2-10,18,22H,11-15H2,1H3. The smallest absolute Gasteiger partial charge is 0.230 e. The molecule has 1 aliphatic rings. The summed E-state index contributed by atoms with van der Waals surface area (Å²) in [7, 11) is 2.09. The van der Waals surface area contributed by atoms with Gasteiger partial charge in [-0.05, 0) is 18.7 Å². The summed E-state index contributed by atoms with van der Waals surface area (Å²) in [6.45, 7) is 3.31. The maximum absolute atomic E-state index is 6.02. The number of likely N-dealkylation sites (N-methyl/N-ethyl adjacent to an activating group) is 1. The summed E-state index contributed by atoms with van der Waals surface area (Å²) < 4.78 is 11.4. The second-order valence-corrected chi connectivity index (χ2v) is 6.71. The number of hydrogen-bond acceptors (Lipinski definition) is 6. The zero-order chi connectivity index (χ0) is 18.5. The summed E-state index contributed by atoms with van der Waals surface area (Å²) in [6, 6.07) is 18.5. The molecule has 0 saturated carbocycles. The SMILES string of the molecule is CN1CCNCC1c1noc(CCOc2ccccc2-c2ccccc2)n1. The number of para-hydroxylation sites is 1. The number of nitrogens with zero attached hydrogens (tertiary/aromatic N) is 3. The molecule has 0 amide bonds. The van der Waals surface area contributed by atoms with Crippen molar-refractivity contribution in [2.24, 2.45) is 0 Å². The highest BCUT2D eigenvalue weighted by Gasteiger charge is 2.25. The molecule has 1 fully saturated rings. The lowest BCUT2D eigenvalue weighted by Gasteiger charge is -2.30. The molecular formula is C21H24N4O2. The first kappa shape index (κ1) is 17.7. The first-order chi connectivity index (χ1) is 13.3. The molecule has 1 aliphatic heterocycles. The first-order valence-corrected chi connectivity index (χ1v) is 9.32. The van der Waals surface area contributed by atoms with Gasteiger partial charge in [-0.1, -0.05) is 53.7 Å². The van der Waals surface area contributed by atoms with Gasteiger partial charge in [0.05, 0.1) is 19.1 Å². The van der Waals surface area contributed by atoms with Crippen LogP contribution in [0.5, 0.6) is 5.75 Å². The van der Waals surface area contributed by atoms with Crippen LogP contribution >= 0.6 is 0 Å². The molecule has 140 valence electrons. The van der Waals surface area contributed by atoms with Crippen LogP contribution in [-0.2, 0) is 6.42 Å². The van der Waals surface area contributed by atoms with Crippen molar-refractivity contribution in [3.63, 3.8) is 0 Å². The topological polar surface area (TPSA) is 63.4 Å². The van der Waals surface area contributed by atoms with Crippen molar-refractivity contribution >= 4 is 0 Å². The summed E-state index contributed by atoms with van der Waals surface area (Å²) in [5.74, 6) is 2.21. The van der Waals surface area contributed by atoms with Gasteiger partial charge < -0.3 is 14.6 Å². The molecule has 6 heteroatoms. The lowest BCUT2D eigenvalue weighted by atomic mass is 10.1. The minimum absolute atomic E-state index is 0.163. The summed E-state index contributed by atoms with van der Waals surface area (Å²) in [6.07, 6.45) is 0.583. The van der Waals surface area contributed by atoms with Crippen LogP contribution in [0.25, 0.3) is 11.1 Å². The number of piperazine rings is 1. The van der Waals surface area contributed by atoms with E-state index in [1.54, 1.807) is 0 Å². The van der Waals surface area contributed by atoms with Crippen LogP contribution < -0.4 is 10.1 Å². The third-order valence-electron chi connectivity index (χ3n) is 4.84. The molecule has 1 atom stereocenters. The minimum atomic E-state index is 0.163. The molecule has 27 heavy (non-hydrogen) atoms. The Kier molecular flexibility index (Phi) is 5.46. The maximum Gasteiger partial charge on any atom is 0.230 e. The number of hydrogen-bond donors (Lipinski definition) is 1. The monoisotopic (exact) mass is 364 g/mol. The van der Waals surface area contributed by atoms with Crippen molar-refractivity contribution in [3.05, 3.63) is 66.3 Å². The van der Waals surface area contributed by atoms with E-state index >= 15 is 0 Å². The van der Waals surface area contributed by atoms with Gasteiger partial charge in [-0.25, -0.2) is 0 Å². The van der Waals surface area contributed by atoms with Crippen LogP contribution in [0, 0.1) is 0 Å². The van der Waals surface area contributed by atoms with E-state index in [0.717, 1.165) is 42.3 Å². The zero-order valence-electron chi connectivity index (χ0n) is 15.5. The third kappa shape index (κ3) is 4.18. The van der Waals surface area contributed by atoms with Crippen molar-refractivity contribution in [2.75, 3.05) is 33.3 Å². The van der Waals surface area contributed by atoms with Crippen molar-refractivity contribution in [1.29, 1.82) is 0 Å². The van der Waals surface area contributed by atoms with Crippen LogP contribution in [-0.4, -0.2) is 48.3 Å². The average molecular weight is 364 g/mol. The molecule has 1 saturated heterocycles. The number of ether oxygens (including phenoxy) is 1. The summed E-state index contributed by atoms with van der Waals surface area (Å²) in [5, 5.41) is 7.53. The van der Waals surface area contributed by atoms with Crippen molar-refractivity contribution < 1.29 is 9.26 Å². The van der Waals surface area contributed by atoms with Crippen LogP contribution in [0.1, 0.15) is 17.8 Å². The highest BCUT2D eigenvalue weighted by atomic mass is 16.5. The fraction of sp³-hybridized carbons (Fsp3) is 0.333. The van der Waals surface area contributed by atoms with E-state index in [4.69, 9.17) is 9.26 Å². The van der Waals surface area contributed by atoms with E-state index in [1.165, 1.54) is 0 Å². The fourth-order valence-corrected chi connectivity index (χ4v) is 3.30. The number of aromatic nitrogens is 2. The first-order valence-electron chi connectivity index (χ1n) is 9.32. The second kappa shape index (κ2) is 8.33. The van der Waals surface area contributed by atoms with Crippen molar-refractivity contribution in [2.45, 2.75) is 12.5 Å². The fourth-order valence-electron chi connectivity index (χ4n) is 3.30. The van der Waals surface area contributed by atoms with Gasteiger partial charge in [-0.3, -0.25) is 4.90 Å². The second-order valence-electron chi connectivity index (χ2n) is 6.71. The largest absolute Gasteiger partial charge is 0.492 e. The van der Waals surface area contributed by atoms with Gasteiger partial charge in [0.1, 0.15) is 5.75 Å². The number of benzene rings is 2. The molecule has 2 aromatic carbocycles. The molecule has 0 spiro atoms. The molecule has 4 rings (SSSR count). The van der Waals surface area contributed by atoms with Gasteiger partial charge in [0, 0.05) is 25.2 Å². The zero-order valence-corrected chi connectivity index (χ0v) is 15.5. The molecule has 1 N–H and O–H groups in total. The Labute approximate surface area is 159 Å². The Hall–Kier alpha value is -2.70. The summed E-state index contributed by atoms with van der Waals surface area (Å²) in [4.78, 5) is 6.80. The van der Waals surface area contributed by atoms with Crippen molar-refractivity contribution in [3.8, 4) is 16.9 Å². The minimum Gasteiger partial charge on any atom is -0.492 e. The van der Waals surface area contributed by atoms with Gasteiger partial charge in [-0.15, -0.1) is 0 Å². The maximum atomic E-state index is 6.02. The Morgan fingerprint density at radius 3 is 2.81 bits per heavy atom. The molecule has 1 unspecified atom stereocenters. The Balaban J connectivity index is 1.38. The van der Waals surface area contributed by atoms with Crippen molar-refractivity contribution in [1.82, 2.24) is 20.4 Å². The van der Waals surface area contributed by atoms with E-state index < -0.39 is 0 Å². The van der Waals surface area contributed by atoms with E-state index in [1.807, 2.05) is 36.4 Å². The van der Waals surface area contributed by atoms with E-state index in [-0.39, 0.29) is 6.04 Å². The van der Waals surface area contributed by atoms with Crippen LogP contribution in [0.4, 0.5) is 0 Å².